The SMILES string of the molecule is COC(=O)C(C)(N)COc1cc(C)c([N+](=O)[O-])cc1C. The maximum atomic E-state index is 11.4. The molecule has 0 heterocycles. The van der Waals surface area contributed by atoms with Gasteiger partial charge in [-0.25, -0.2) is 4.79 Å². The molecule has 0 spiro atoms. The zero-order chi connectivity index (χ0) is 15.5. The van der Waals surface area contributed by atoms with Crippen LogP contribution in [0.25, 0.3) is 0 Å². The van der Waals surface area contributed by atoms with E-state index in [9.17, 15) is 14.9 Å². The zero-order valence-corrected chi connectivity index (χ0v) is 11.9. The van der Waals surface area contributed by atoms with Gasteiger partial charge in [0.2, 0.25) is 0 Å². The number of nitrogens with two attached hydrogens (primary N) is 1. The minimum Gasteiger partial charge on any atom is -0.491 e. The van der Waals surface area contributed by atoms with Crippen LogP contribution in [0.1, 0.15) is 18.1 Å². The molecule has 0 radical (unpaired) electrons. The van der Waals surface area contributed by atoms with Gasteiger partial charge in [-0.3, -0.25) is 10.1 Å². The quantitative estimate of drug-likeness (QED) is 0.498. The Kier molecular flexibility index (Phi) is 4.67. The van der Waals surface area contributed by atoms with Crippen LogP contribution in [0.4, 0.5) is 5.69 Å². The van der Waals surface area contributed by atoms with Gasteiger partial charge < -0.3 is 15.2 Å². The number of nitro benzene ring substituents is 1. The van der Waals surface area contributed by atoms with Crippen molar-refractivity contribution >= 4 is 11.7 Å². The van der Waals surface area contributed by atoms with E-state index in [1.54, 1.807) is 19.9 Å². The van der Waals surface area contributed by atoms with Gasteiger partial charge in [-0.2, -0.15) is 0 Å². The second-order valence-electron chi connectivity index (χ2n) is 4.86. The Bertz CT molecular complexity index is 540. The molecule has 0 aliphatic carbocycles. The van der Waals surface area contributed by atoms with Crippen molar-refractivity contribution in [3.63, 3.8) is 0 Å². The summed E-state index contributed by atoms with van der Waals surface area (Å²) in [5.41, 5.74) is 5.60. The highest BCUT2D eigenvalue weighted by Crippen LogP contribution is 2.28. The number of hydrogen-bond donors (Lipinski definition) is 1. The molecule has 2 N–H and O–H groups in total. The molecule has 0 aliphatic rings. The molecule has 1 unspecified atom stereocenters. The highest BCUT2D eigenvalue weighted by atomic mass is 16.6. The maximum Gasteiger partial charge on any atom is 0.329 e. The molecule has 1 atom stereocenters. The molecule has 1 aromatic rings. The number of nitrogens with zero attached hydrogens (tertiary/aromatic N) is 1. The Labute approximate surface area is 116 Å². The lowest BCUT2D eigenvalue weighted by atomic mass is 10.1. The van der Waals surface area contributed by atoms with Crippen LogP contribution in [-0.4, -0.2) is 30.1 Å². The Morgan fingerprint density at radius 2 is 2.00 bits per heavy atom. The van der Waals surface area contributed by atoms with Gasteiger partial charge in [-0.1, -0.05) is 0 Å². The Morgan fingerprint density at radius 1 is 1.40 bits per heavy atom. The van der Waals surface area contributed by atoms with Crippen LogP contribution in [0.15, 0.2) is 12.1 Å². The predicted molar refractivity (Wildman–Crippen MR) is 72.7 cm³/mol. The average Bonchev–Trinajstić information content (AvgIpc) is 2.37. The van der Waals surface area contributed by atoms with Crippen LogP contribution in [0.5, 0.6) is 5.75 Å². The van der Waals surface area contributed by atoms with Crippen molar-refractivity contribution in [1.29, 1.82) is 0 Å². The van der Waals surface area contributed by atoms with Gasteiger partial charge in [0.1, 0.15) is 17.9 Å². The van der Waals surface area contributed by atoms with Gasteiger partial charge in [-0.15, -0.1) is 0 Å². The second-order valence-corrected chi connectivity index (χ2v) is 4.86. The summed E-state index contributed by atoms with van der Waals surface area (Å²) in [6.45, 7) is 4.71. The summed E-state index contributed by atoms with van der Waals surface area (Å²) in [5.74, 6) is -0.137. The molecule has 0 aromatic heterocycles. The van der Waals surface area contributed by atoms with Crippen molar-refractivity contribution in [3.8, 4) is 5.75 Å². The van der Waals surface area contributed by atoms with E-state index in [2.05, 4.69) is 4.74 Å². The highest BCUT2D eigenvalue weighted by molar-refractivity contribution is 5.80. The van der Waals surface area contributed by atoms with Crippen molar-refractivity contribution in [2.45, 2.75) is 26.3 Å². The van der Waals surface area contributed by atoms with Crippen LogP contribution in [-0.2, 0) is 9.53 Å². The number of hydrogen-bond acceptors (Lipinski definition) is 6. The molecule has 0 aliphatic heterocycles. The van der Waals surface area contributed by atoms with Gasteiger partial charge >= 0.3 is 5.97 Å². The summed E-state index contributed by atoms with van der Waals surface area (Å²) >= 11 is 0. The van der Waals surface area contributed by atoms with Crippen LogP contribution in [0.2, 0.25) is 0 Å². The monoisotopic (exact) mass is 282 g/mol. The molecule has 110 valence electrons. The molecule has 1 rings (SSSR count). The van der Waals surface area contributed by atoms with Gasteiger partial charge in [0.15, 0.2) is 0 Å². The fourth-order valence-electron chi connectivity index (χ4n) is 1.65. The molecule has 0 saturated carbocycles. The lowest BCUT2D eigenvalue weighted by molar-refractivity contribution is -0.385. The first-order chi connectivity index (χ1) is 9.19. The number of carbonyl (C=O) groups excluding carboxylic acids is 1. The van der Waals surface area contributed by atoms with Crippen LogP contribution < -0.4 is 10.5 Å². The van der Waals surface area contributed by atoms with Crippen LogP contribution >= 0.6 is 0 Å². The predicted octanol–water partition coefficient (Wildman–Crippen LogP) is 1.48. The van der Waals surface area contributed by atoms with E-state index in [1.807, 2.05) is 0 Å². The molecule has 0 saturated heterocycles. The van der Waals surface area contributed by atoms with E-state index < -0.39 is 16.4 Å². The summed E-state index contributed by atoms with van der Waals surface area (Å²) in [5, 5.41) is 10.8. The van der Waals surface area contributed by atoms with Crippen molar-refractivity contribution in [3.05, 3.63) is 33.4 Å². The smallest absolute Gasteiger partial charge is 0.329 e. The van der Waals surface area contributed by atoms with Gasteiger partial charge in [-0.05, 0) is 32.4 Å². The normalized spacial score (nSPS) is 13.4. The van der Waals surface area contributed by atoms with Crippen molar-refractivity contribution in [1.82, 2.24) is 0 Å². The molecule has 0 bridgehead atoms. The van der Waals surface area contributed by atoms with Gasteiger partial charge in [0.05, 0.1) is 12.0 Å². The molecule has 1 aromatic carbocycles. The Balaban J connectivity index is 2.92. The van der Waals surface area contributed by atoms with E-state index in [-0.39, 0.29) is 12.3 Å². The van der Waals surface area contributed by atoms with Crippen LogP contribution in [0.3, 0.4) is 0 Å². The summed E-state index contributed by atoms with van der Waals surface area (Å²) in [7, 11) is 1.24. The molecular formula is C13H18N2O5. The highest BCUT2D eigenvalue weighted by Gasteiger charge is 2.31. The van der Waals surface area contributed by atoms with E-state index in [4.69, 9.17) is 10.5 Å². The summed E-state index contributed by atoms with van der Waals surface area (Å²) in [6.07, 6.45) is 0. The number of nitro groups is 1. The van der Waals surface area contributed by atoms with Gasteiger partial charge in [0.25, 0.3) is 5.69 Å². The number of benzene rings is 1. The fraction of sp³-hybridized carbons (Fsp3) is 0.462. The summed E-state index contributed by atoms with van der Waals surface area (Å²) in [6, 6.07) is 2.98. The largest absolute Gasteiger partial charge is 0.491 e. The zero-order valence-electron chi connectivity index (χ0n) is 11.9. The second kappa shape index (κ2) is 5.87. The van der Waals surface area contributed by atoms with Crippen LogP contribution in [0, 0.1) is 24.0 Å². The fourth-order valence-corrected chi connectivity index (χ4v) is 1.65. The van der Waals surface area contributed by atoms with Crippen molar-refractivity contribution in [2.24, 2.45) is 5.73 Å². The van der Waals surface area contributed by atoms with E-state index in [1.165, 1.54) is 20.1 Å². The van der Waals surface area contributed by atoms with E-state index in [0.717, 1.165) is 0 Å². The average molecular weight is 282 g/mol. The molecule has 20 heavy (non-hydrogen) atoms. The Hall–Kier alpha value is -2.15. The number of aryl methyl sites for hydroxylation is 2. The third-order valence-corrected chi connectivity index (χ3v) is 2.87. The number of rotatable bonds is 5. The molecule has 0 amide bonds. The molecule has 7 nitrogen and oxygen atoms in total. The summed E-state index contributed by atoms with van der Waals surface area (Å²) < 4.78 is 10.1. The van der Waals surface area contributed by atoms with Gasteiger partial charge in [0, 0.05) is 11.6 Å². The van der Waals surface area contributed by atoms with Crippen molar-refractivity contribution in [2.75, 3.05) is 13.7 Å². The topological polar surface area (TPSA) is 105 Å². The minimum absolute atomic E-state index is 0.0262. The van der Waals surface area contributed by atoms with E-state index >= 15 is 0 Å². The molecule has 7 heteroatoms. The third-order valence-electron chi connectivity index (χ3n) is 2.87. The standard InChI is InChI=1S/C13H18N2O5/c1-8-6-11(9(2)5-10(8)15(17)18)20-7-13(3,14)12(16)19-4/h5-6H,7,14H2,1-4H3. The number of ether oxygens (including phenoxy) is 2. The molecule has 0 fully saturated rings. The maximum absolute atomic E-state index is 11.4. The number of methoxy groups -OCH3 is 1. The number of esters is 1. The first kappa shape index (κ1) is 15.9. The van der Waals surface area contributed by atoms with E-state index in [0.29, 0.717) is 16.9 Å². The first-order valence-electron chi connectivity index (χ1n) is 5.94. The number of carbonyl (C=O) groups is 1. The Morgan fingerprint density at radius 3 is 2.50 bits per heavy atom. The van der Waals surface area contributed by atoms with Crippen molar-refractivity contribution < 1.29 is 19.2 Å². The summed E-state index contributed by atoms with van der Waals surface area (Å²) in [4.78, 5) is 21.8. The third kappa shape index (κ3) is 3.45. The minimum atomic E-state index is -1.28. The lowest BCUT2D eigenvalue weighted by Crippen LogP contribution is -2.50. The lowest BCUT2D eigenvalue weighted by Gasteiger charge is -2.22. The molecular weight excluding hydrogens is 264 g/mol. The first-order valence-corrected chi connectivity index (χ1v) is 5.94.